The standard InChI is InChI=1S/C22H25NO5/c1-5-23(6-2)13-16-17(24)11-10-15-20(25)19(28-22(15)16)12-14-8-7-9-18(26-3)21(14)27-4/h7-12,24H,5-6,13H2,1-4H3/p+1/b19-12-. The molecule has 3 rings (SSSR count). The quantitative estimate of drug-likeness (QED) is 0.718. The Balaban J connectivity index is 2.02. The maximum absolute atomic E-state index is 12.9. The first-order chi connectivity index (χ1) is 13.5. The van der Waals surface area contributed by atoms with E-state index < -0.39 is 0 Å². The van der Waals surface area contributed by atoms with Gasteiger partial charge in [-0.2, -0.15) is 0 Å². The lowest BCUT2D eigenvalue weighted by molar-refractivity contribution is -0.910. The van der Waals surface area contributed by atoms with Gasteiger partial charge in [-0.15, -0.1) is 0 Å². The third-order valence-electron chi connectivity index (χ3n) is 5.06. The summed E-state index contributed by atoms with van der Waals surface area (Å²) in [5.41, 5.74) is 1.80. The second-order valence-corrected chi connectivity index (χ2v) is 6.60. The average Bonchev–Trinajstić information content (AvgIpc) is 3.02. The lowest BCUT2D eigenvalue weighted by atomic mass is 10.0. The number of aromatic hydroxyl groups is 1. The molecule has 0 saturated heterocycles. The van der Waals surface area contributed by atoms with Crippen molar-refractivity contribution in [2.45, 2.75) is 20.4 Å². The molecular weight excluding hydrogens is 358 g/mol. The number of fused-ring (bicyclic) bond motifs is 1. The Bertz CT molecular complexity index is 915. The molecule has 0 radical (unpaired) electrons. The van der Waals surface area contributed by atoms with Gasteiger partial charge in [-0.1, -0.05) is 12.1 Å². The normalized spacial score (nSPS) is 14.3. The maximum Gasteiger partial charge on any atom is 0.231 e. The Labute approximate surface area is 164 Å². The van der Waals surface area contributed by atoms with Crippen LogP contribution < -0.4 is 19.1 Å². The van der Waals surface area contributed by atoms with Crippen LogP contribution in [0, 0.1) is 0 Å². The van der Waals surface area contributed by atoms with Gasteiger partial charge in [0, 0.05) is 5.56 Å². The second-order valence-electron chi connectivity index (χ2n) is 6.60. The Morgan fingerprint density at radius 2 is 1.86 bits per heavy atom. The summed E-state index contributed by atoms with van der Waals surface area (Å²) >= 11 is 0. The number of carbonyl (C=O) groups excluding carboxylic acids is 1. The van der Waals surface area contributed by atoms with Crippen molar-refractivity contribution < 1.29 is 29.0 Å². The Morgan fingerprint density at radius 1 is 1.11 bits per heavy atom. The molecule has 1 aliphatic rings. The van der Waals surface area contributed by atoms with E-state index in [2.05, 4.69) is 13.8 Å². The highest BCUT2D eigenvalue weighted by Gasteiger charge is 2.32. The number of Topliss-reactive ketones (excluding diaryl/α,β-unsaturated/α-hetero) is 1. The molecule has 0 amide bonds. The minimum atomic E-state index is -0.212. The van der Waals surface area contributed by atoms with Crippen molar-refractivity contribution in [3.8, 4) is 23.0 Å². The van der Waals surface area contributed by atoms with Crippen LogP contribution >= 0.6 is 0 Å². The summed E-state index contributed by atoms with van der Waals surface area (Å²) in [5.74, 6) is 1.67. The van der Waals surface area contributed by atoms with Crippen LogP contribution in [0.1, 0.15) is 35.3 Å². The summed E-state index contributed by atoms with van der Waals surface area (Å²) in [6, 6.07) is 8.61. The molecule has 148 valence electrons. The van der Waals surface area contributed by atoms with Gasteiger partial charge in [0.05, 0.1) is 38.4 Å². The molecule has 0 aliphatic carbocycles. The minimum absolute atomic E-state index is 0.145. The van der Waals surface area contributed by atoms with E-state index in [1.54, 1.807) is 38.5 Å². The van der Waals surface area contributed by atoms with Crippen molar-refractivity contribution in [1.82, 2.24) is 0 Å². The number of nitrogens with one attached hydrogen (secondary N) is 1. The molecule has 0 aromatic heterocycles. The number of para-hydroxylation sites is 1. The molecular formula is C22H26NO5+. The molecule has 0 bridgehead atoms. The van der Waals surface area contributed by atoms with Crippen LogP contribution in [0.3, 0.4) is 0 Å². The topological polar surface area (TPSA) is 69.4 Å². The molecule has 6 heteroatoms. The van der Waals surface area contributed by atoms with Crippen LogP contribution in [-0.2, 0) is 6.54 Å². The first kappa shape index (κ1) is 19.8. The molecule has 0 unspecified atom stereocenters. The molecule has 0 fully saturated rings. The zero-order chi connectivity index (χ0) is 20.3. The zero-order valence-corrected chi connectivity index (χ0v) is 16.7. The van der Waals surface area contributed by atoms with Crippen LogP contribution in [0.4, 0.5) is 0 Å². The molecule has 1 aliphatic heterocycles. The predicted molar refractivity (Wildman–Crippen MR) is 106 cm³/mol. The number of phenolic OH excluding ortho intramolecular Hbond substituents is 1. The van der Waals surface area contributed by atoms with E-state index in [9.17, 15) is 9.90 Å². The summed E-state index contributed by atoms with van der Waals surface area (Å²) in [5, 5.41) is 10.4. The third-order valence-corrected chi connectivity index (χ3v) is 5.06. The first-order valence-electron chi connectivity index (χ1n) is 9.37. The molecule has 28 heavy (non-hydrogen) atoms. The number of carbonyl (C=O) groups is 1. The number of hydrogen-bond acceptors (Lipinski definition) is 5. The zero-order valence-electron chi connectivity index (χ0n) is 16.7. The van der Waals surface area contributed by atoms with Crippen LogP contribution in [0.15, 0.2) is 36.1 Å². The number of rotatable bonds is 7. The van der Waals surface area contributed by atoms with Crippen molar-refractivity contribution in [3.63, 3.8) is 0 Å². The van der Waals surface area contributed by atoms with Gasteiger partial charge in [-0.25, -0.2) is 0 Å². The molecule has 1 heterocycles. The van der Waals surface area contributed by atoms with Crippen LogP contribution in [0.25, 0.3) is 6.08 Å². The lowest BCUT2D eigenvalue weighted by Gasteiger charge is -2.17. The van der Waals surface area contributed by atoms with E-state index in [0.717, 1.165) is 13.1 Å². The van der Waals surface area contributed by atoms with Crippen LogP contribution in [-0.4, -0.2) is 38.2 Å². The van der Waals surface area contributed by atoms with Gasteiger partial charge in [0.15, 0.2) is 23.0 Å². The van der Waals surface area contributed by atoms with E-state index in [4.69, 9.17) is 14.2 Å². The van der Waals surface area contributed by atoms with Crippen LogP contribution in [0.2, 0.25) is 0 Å². The van der Waals surface area contributed by atoms with E-state index in [-0.39, 0.29) is 17.3 Å². The smallest absolute Gasteiger partial charge is 0.231 e. The first-order valence-corrected chi connectivity index (χ1v) is 9.37. The van der Waals surface area contributed by atoms with E-state index >= 15 is 0 Å². The van der Waals surface area contributed by atoms with Crippen molar-refractivity contribution in [1.29, 1.82) is 0 Å². The van der Waals surface area contributed by atoms with Gasteiger partial charge < -0.3 is 24.2 Å². The Hall–Kier alpha value is -2.99. The molecule has 0 spiro atoms. The fourth-order valence-corrected chi connectivity index (χ4v) is 3.38. The fourth-order valence-electron chi connectivity index (χ4n) is 3.38. The monoisotopic (exact) mass is 384 g/mol. The number of benzene rings is 2. The summed E-state index contributed by atoms with van der Waals surface area (Å²) in [7, 11) is 3.11. The minimum Gasteiger partial charge on any atom is -0.507 e. The van der Waals surface area contributed by atoms with E-state index in [0.29, 0.717) is 40.5 Å². The van der Waals surface area contributed by atoms with Gasteiger partial charge >= 0.3 is 0 Å². The largest absolute Gasteiger partial charge is 0.507 e. The molecule has 2 N–H and O–H groups in total. The molecule has 2 aromatic rings. The lowest BCUT2D eigenvalue weighted by Crippen LogP contribution is -3.10. The highest BCUT2D eigenvalue weighted by Crippen LogP contribution is 2.40. The van der Waals surface area contributed by atoms with Gasteiger partial charge in [0.25, 0.3) is 0 Å². The summed E-state index contributed by atoms with van der Waals surface area (Å²) in [6.45, 7) is 6.59. The third kappa shape index (κ3) is 3.55. The number of quaternary nitrogens is 1. The van der Waals surface area contributed by atoms with Gasteiger partial charge in [0.1, 0.15) is 12.3 Å². The van der Waals surface area contributed by atoms with Crippen LogP contribution in [0.5, 0.6) is 23.0 Å². The number of phenols is 1. The maximum atomic E-state index is 12.9. The SMILES string of the molecule is CC[NH+](CC)Cc1c(O)ccc2c1O/C(=C\c1cccc(OC)c1OC)C2=O. The second kappa shape index (κ2) is 8.35. The molecule has 6 nitrogen and oxygen atoms in total. The van der Waals surface area contributed by atoms with Gasteiger partial charge in [0.2, 0.25) is 5.78 Å². The Morgan fingerprint density at radius 3 is 2.50 bits per heavy atom. The number of ketones is 1. The van der Waals surface area contributed by atoms with E-state index in [1.165, 1.54) is 4.90 Å². The number of ether oxygens (including phenoxy) is 3. The number of methoxy groups -OCH3 is 2. The van der Waals surface area contributed by atoms with E-state index in [1.807, 2.05) is 12.1 Å². The highest BCUT2D eigenvalue weighted by atomic mass is 16.5. The highest BCUT2D eigenvalue weighted by molar-refractivity contribution is 6.15. The van der Waals surface area contributed by atoms with Gasteiger partial charge in [-0.05, 0) is 38.1 Å². The Kier molecular flexibility index (Phi) is 5.90. The predicted octanol–water partition coefficient (Wildman–Crippen LogP) is 2.45. The summed E-state index contributed by atoms with van der Waals surface area (Å²) in [4.78, 5) is 14.2. The molecule has 0 saturated carbocycles. The van der Waals surface area contributed by atoms with Crippen molar-refractivity contribution in [3.05, 3.63) is 52.8 Å². The van der Waals surface area contributed by atoms with Crippen molar-refractivity contribution in [2.75, 3.05) is 27.3 Å². The molecule has 2 aromatic carbocycles. The summed E-state index contributed by atoms with van der Waals surface area (Å²) in [6.07, 6.45) is 1.65. The fraction of sp³-hybridized carbons (Fsp3) is 0.318. The summed E-state index contributed by atoms with van der Waals surface area (Å²) < 4.78 is 16.7. The number of hydrogen-bond donors (Lipinski definition) is 2. The molecule has 0 atom stereocenters. The van der Waals surface area contributed by atoms with Gasteiger partial charge in [-0.3, -0.25) is 4.79 Å². The number of allylic oxidation sites excluding steroid dienone is 1. The van der Waals surface area contributed by atoms with Crippen molar-refractivity contribution in [2.24, 2.45) is 0 Å². The average molecular weight is 384 g/mol. The van der Waals surface area contributed by atoms with Crippen molar-refractivity contribution >= 4 is 11.9 Å².